The SMILES string of the molecule is CC(C)(C)N(CCc1cccc2occ(CO)c12)C(=O)O. The molecule has 0 bridgehead atoms. The van der Waals surface area contributed by atoms with Crippen molar-refractivity contribution in [2.75, 3.05) is 6.54 Å². The van der Waals surface area contributed by atoms with Gasteiger partial charge in [0.05, 0.1) is 12.9 Å². The Morgan fingerprint density at radius 1 is 1.29 bits per heavy atom. The Hall–Kier alpha value is -2.01. The molecule has 0 spiro atoms. The van der Waals surface area contributed by atoms with Crippen LogP contribution in [0, 0.1) is 0 Å². The van der Waals surface area contributed by atoms with Crippen LogP contribution in [-0.2, 0) is 13.0 Å². The average molecular weight is 291 g/mol. The molecule has 1 aromatic carbocycles. The van der Waals surface area contributed by atoms with E-state index < -0.39 is 11.6 Å². The van der Waals surface area contributed by atoms with Crippen LogP contribution in [0.15, 0.2) is 28.9 Å². The average Bonchev–Trinajstić information content (AvgIpc) is 2.80. The van der Waals surface area contributed by atoms with Gasteiger partial charge in [-0.15, -0.1) is 0 Å². The number of carboxylic acid groups (broad SMARTS) is 1. The highest BCUT2D eigenvalue weighted by molar-refractivity contribution is 5.84. The van der Waals surface area contributed by atoms with E-state index in [1.165, 1.54) is 4.90 Å². The summed E-state index contributed by atoms with van der Waals surface area (Å²) in [6, 6.07) is 5.67. The molecule has 0 fully saturated rings. The Morgan fingerprint density at radius 2 is 2.00 bits per heavy atom. The molecule has 1 amide bonds. The Kier molecular flexibility index (Phi) is 4.23. The second-order valence-corrected chi connectivity index (χ2v) is 6.06. The van der Waals surface area contributed by atoms with Gasteiger partial charge in [0, 0.05) is 23.0 Å². The first-order chi connectivity index (χ1) is 9.84. The topological polar surface area (TPSA) is 73.9 Å². The fourth-order valence-corrected chi connectivity index (χ4v) is 2.51. The second-order valence-electron chi connectivity index (χ2n) is 6.06. The summed E-state index contributed by atoms with van der Waals surface area (Å²) in [7, 11) is 0. The fourth-order valence-electron chi connectivity index (χ4n) is 2.51. The van der Waals surface area contributed by atoms with E-state index in [2.05, 4.69) is 0 Å². The van der Waals surface area contributed by atoms with Gasteiger partial charge < -0.3 is 19.5 Å². The molecular weight excluding hydrogens is 270 g/mol. The second kappa shape index (κ2) is 5.77. The van der Waals surface area contributed by atoms with Crippen LogP contribution in [0.2, 0.25) is 0 Å². The molecule has 114 valence electrons. The van der Waals surface area contributed by atoms with E-state index in [0.29, 0.717) is 18.5 Å². The van der Waals surface area contributed by atoms with Crippen LogP contribution in [0.1, 0.15) is 31.9 Å². The lowest BCUT2D eigenvalue weighted by molar-refractivity contribution is 0.101. The molecule has 0 aliphatic carbocycles. The van der Waals surface area contributed by atoms with Crippen molar-refractivity contribution in [3.8, 4) is 0 Å². The minimum absolute atomic E-state index is 0.0913. The number of rotatable bonds is 4. The van der Waals surface area contributed by atoms with Gasteiger partial charge in [-0.05, 0) is 38.8 Å². The normalized spacial score (nSPS) is 11.8. The highest BCUT2D eigenvalue weighted by atomic mass is 16.4. The minimum Gasteiger partial charge on any atom is -0.465 e. The van der Waals surface area contributed by atoms with Gasteiger partial charge in [-0.2, -0.15) is 0 Å². The Labute approximate surface area is 123 Å². The van der Waals surface area contributed by atoms with Gasteiger partial charge in [-0.3, -0.25) is 0 Å². The van der Waals surface area contributed by atoms with Gasteiger partial charge >= 0.3 is 6.09 Å². The van der Waals surface area contributed by atoms with Crippen molar-refractivity contribution in [1.29, 1.82) is 0 Å². The highest BCUT2D eigenvalue weighted by Gasteiger charge is 2.25. The largest absolute Gasteiger partial charge is 0.465 e. The number of carbonyl (C=O) groups is 1. The summed E-state index contributed by atoms with van der Waals surface area (Å²) >= 11 is 0. The molecule has 1 aromatic heterocycles. The minimum atomic E-state index is -0.927. The maximum atomic E-state index is 11.4. The lowest BCUT2D eigenvalue weighted by Gasteiger charge is -2.33. The van der Waals surface area contributed by atoms with Gasteiger partial charge in [-0.25, -0.2) is 4.79 Å². The fraction of sp³-hybridized carbons (Fsp3) is 0.438. The van der Waals surface area contributed by atoms with E-state index in [9.17, 15) is 15.0 Å². The molecule has 2 rings (SSSR count). The first kappa shape index (κ1) is 15.4. The van der Waals surface area contributed by atoms with Gasteiger partial charge in [0.2, 0.25) is 0 Å². The van der Waals surface area contributed by atoms with Crippen molar-refractivity contribution >= 4 is 17.1 Å². The highest BCUT2D eigenvalue weighted by Crippen LogP contribution is 2.26. The maximum absolute atomic E-state index is 11.4. The number of benzene rings is 1. The number of hydrogen-bond acceptors (Lipinski definition) is 3. The van der Waals surface area contributed by atoms with Crippen LogP contribution >= 0.6 is 0 Å². The van der Waals surface area contributed by atoms with Gasteiger partial charge in [0.1, 0.15) is 5.58 Å². The molecule has 0 saturated carbocycles. The summed E-state index contributed by atoms with van der Waals surface area (Å²) in [6.07, 6.45) is 1.20. The molecule has 0 unspecified atom stereocenters. The number of furan rings is 1. The Bertz CT molecular complexity index is 639. The van der Waals surface area contributed by atoms with E-state index in [1.54, 1.807) is 6.26 Å². The Morgan fingerprint density at radius 3 is 2.57 bits per heavy atom. The van der Waals surface area contributed by atoms with Crippen LogP contribution in [0.25, 0.3) is 11.0 Å². The Balaban J connectivity index is 2.27. The number of amides is 1. The van der Waals surface area contributed by atoms with Crippen LogP contribution in [0.4, 0.5) is 4.79 Å². The zero-order chi connectivity index (χ0) is 15.6. The standard InChI is InChI=1S/C16H21NO4/c1-16(2,3)17(15(19)20)8-7-11-5-4-6-13-14(11)12(9-18)10-21-13/h4-6,10,18H,7-9H2,1-3H3,(H,19,20). The lowest BCUT2D eigenvalue weighted by atomic mass is 10.0. The molecule has 0 radical (unpaired) electrons. The van der Waals surface area contributed by atoms with Gasteiger partial charge in [0.15, 0.2) is 0 Å². The number of aliphatic hydroxyl groups is 1. The van der Waals surface area contributed by atoms with Crippen molar-refractivity contribution in [3.05, 3.63) is 35.6 Å². The van der Waals surface area contributed by atoms with Gasteiger partial charge in [-0.1, -0.05) is 12.1 Å². The zero-order valence-corrected chi connectivity index (χ0v) is 12.6. The molecule has 0 atom stereocenters. The number of hydrogen-bond donors (Lipinski definition) is 2. The number of nitrogens with zero attached hydrogens (tertiary/aromatic N) is 1. The van der Waals surface area contributed by atoms with Crippen LogP contribution in [-0.4, -0.2) is 33.3 Å². The van der Waals surface area contributed by atoms with Crippen molar-refractivity contribution < 1.29 is 19.4 Å². The zero-order valence-electron chi connectivity index (χ0n) is 12.6. The number of aliphatic hydroxyl groups excluding tert-OH is 1. The van der Waals surface area contributed by atoms with Crippen LogP contribution in [0.3, 0.4) is 0 Å². The van der Waals surface area contributed by atoms with Crippen LogP contribution in [0.5, 0.6) is 0 Å². The van der Waals surface area contributed by atoms with E-state index >= 15 is 0 Å². The molecule has 21 heavy (non-hydrogen) atoms. The molecule has 1 heterocycles. The summed E-state index contributed by atoms with van der Waals surface area (Å²) in [5.41, 5.74) is 1.99. The smallest absolute Gasteiger partial charge is 0.407 e. The molecule has 5 heteroatoms. The third-order valence-electron chi connectivity index (χ3n) is 3.58. The molecule has 0 aliphatic rings. The summed E-state index contributed by atoms with van der Waals surface area (Å²) in [6.45, 7) is 5.93. The summed E-state index contributed by atoms with van der Waals surface area (Å²) in [5.74, 6) is 0. The van der Waals surface area contributed by atoms with Gasteiger partial charge in [0.25, 0.3) is 0 Å². The van der Waals surface area contributed by atoms with E-state index in [1.807, 2.05) is 39.0 Å². The first-order valence-corrected chi connectivity index (χ1v) is 6.94. The van der Waals surface area contributed by atoms with E-state index in [4.69, 9.17) is 4.42 Å². The summed E-state index contributed by atoms with van der Waals surface area (Å²) in [5, 5.41) is 19.6. The monoisotopic (exact) mass is 291 g/mol. The van der Waals surface area contributed by atoms with Crippen LogP contribution < -0.4 is 0 Å². The molecule has 2 N–H and O–H groups in total. The lowest BCUT2D eigenvalue weighted by Crippen LogP contribution is -2.45. The number of fused-ring (bicyclic) bond motifs is 1. The van der Waals surface area contributed by atoms with E-state index in [-0.39, 0.29) is 6.61 Å². The summed E-state index contributed by atoms with van der Waals surface area (Å²) in [4.78, 5) is 12.8. The molecule has 0 saturated heterocycles. The quantitative estimate of drug-likeness (QED) is 0.907. The van der Waals surface area contributed by atoms with Crippen molar-refractivity contribution in [1.82, 2.24) is 4.90 Å². The molecule has 5 nitrogen and oxygen atoms in total. The first-order valence-electron chi connectivity index (χ1n) is 6.94. The third kappa shape index (κ3) is 3.19. The maximum Gasteiger partial charge on any atom is 0.407 e. The third-order valence-corrected chi connectivity index (χ3v) is 3.58. The predicted octanol–water partition coefficient (Wildman–Crippen LogP) is 3.25. The van der Waals surface area contributed by atoms with Crippen molar-refractivity contribution in [2.24, 2.45) is 0 Å². The summed E-state index contributed by atoms with van der Waals surface area (Å²) < 4.78 is 5.41. The van der Waals surface area contributed by atoms with E-state index in [0.717, 1.165) is 16.5 Å². The molecule has 2 aromatic rings. The van der Waals surface area contributed by atoms with Crippen molar-refractivity contribution in [2.45, 2.75) is 39.3 Å². The predicted molar refractivity (Wildman–Crippen MR) is 80.3 cm³/mol. The van der Waals surface area contributed by atoms with Crippen molar-refractivity contribution in [3.63, 3.8) is 0 Å². The molecule has 0 aliphatic heterocycles. The molecular formula is C16H21NO4.